The molecule has 3 rings (SSSR count). The van der Waals surface area contributed by atoms with Crippen LogP contribution in [0.2, 0.25) is 0 Å². The third-order valence-corrected chi connectivity index (χ3v) is 12.6. The maximum Gasteiger partial charge on any atom is 0.326 e. The van der Waals surface area contributed by atoms with E-state index in [9.17, 15) is 67.4 Å². The van der Waals surface area contributed by atoms with Crippen LogP contribution in [0.15, 0.2) is 60.7 Å². The van der Waals surface area contributed by atoms with Crippen molar-refractivity contribution in [1.82, 2.24) is 42.1 Å². The summed E-state index contributed by atoms with van der Waals surface area (Å²) in [4.78, 5) is 170. The normalized spacial score (nSPS) is 16.0. The zero-order valence-electron chi connectivity index (χ0n) is 43.0. The number of likely N-dealkylation sites (tertiary alicyclic amines) is 1. The number of hydrogen-bond acceptors (Lipinski definition) is 14. The summed E-state index contributed by atoms with van der Waals surface area (Å²) in [5.41, 5.74) is 28.9. The van der Waals surface area contributed by atoms with Crippen LogP contribution in [0.4, 0.5) is 0 Å². The smallest absolute Gasteiger partial charge is 0.326 e. The highest BCUT2D eigenvalue weighted by atomic mass is 16.4. The summed E-state index contributed by atoms with van der Waals surface area (Å²) in [6.07, 6.45) is -2.44. The molecule has 27 heteroatoms. The third kappa shape index (κ3) is 21.7. The number of carbonyl (C=O) groups is 13. The van der Waals surface area contributed by atoms with E-state index in [2.05, 4.69) is 37.2 Å². The first kappa shape index (κ1) is 62.8. The predicted molar refractivity (Wildman–Crippen MR) is 274 cm³/mol. The molecule has 0 spiro atoms. The van der Waals surface area contributed by atoms with Gasteiger partial charge in [0.05, 0.1) is 19.0 Å². The van der Waals surface area contributed by atoms with Crippen LogP contribution >= 0.6 is 0 Å². The SMILES string of the molecule is CC[C@H](C)[C@H](NC(=O)[C@H](Cc1ccccc1)NC(=O)[C@H](CCC(N)=O)NC(=O)CNC(=O)[C@H](CC(N)=O)NC(=O)[C@H](CCC(N)=O)NC(=O)[C@@H]1CCCN1C(=O)[C@H](CCC(N)=O)NC(=O)[C@@H](N)Cc1ccccc1)C(=O)O. The molecule has 18 N–H and O–H groups in total. The summed E-state index contributed by atoms with van der Waals surface area (Å²) in [7, 11) is 0. The van der Waals surface area contributed by atoms with Gasteiger partial charge in [0.2, 0.25) is 70.9 Å². The minimum absolute atomic E-state index is 0.0124. The van der Waals surface area contributed by atoms with Crippen molar-refractivity contribution >= 4 is 76.9 Å². The second-order valence-electron chi connectivity index (χ2n) is 18.7. The Balaban J connectivity index is 1.77. The van der Waals surface area contributed by atoms with Crippen LogP contribution in [0.1, 0.15) is 89.2 Å². The number of nitrogens with zero attached hydrogens (tertiary/aromatic N) is 1. The van der Waals surface area contributed by atoms with Gasteiger partial charge >= 0.3 is 5.97 Å². The van der Waals surface area contributed by atoms with E-state index in [4.69, 9.17) is 28.7 Å². The lowest BCUT2D eigenvalue weighted by molar-refractivity contribution is -0.144. The molecule has 0 bridgehead atoms. The van der Waals surface area contributed by atoms with E-state index in [0.29, 0.717) is 12.0 Å². The van der Waals surface area contributed by atoms with Gasteiger partial charge in [-0.15, -0.1) is 0 Å². The minimum atomic E-state index is -1.82. The minimum Gasteiger partial charge on any atom is -0.480 e. The molecule has 0 aromatic heterocycles. The number of nitrogens with one attached hydrogen (secondary N) is 7. The van der Waals surface area contributed by atoms with Gasteiger partial charge in [-0.2, -0.15) is 0 Å². The molecule has 2 aromatic rings. The summed E-state index contributed by atoms with van der Waals surface area (Å²) in [6.45, 7) is 2.45. The fourth-order valence-electron chi connectivity index (χ4n) is 8.15. The highest BCUT2D eigenvalue weighted by Gasteiger charge is 2.40. The molecule has 1 fully saturated rings. The summed E-state index contributed by atoms with van der Waals surface area (Å²) in [6, 6.07) is 5.77. The van der Waals surface area contributed by atoms with Crippen molar-refractivity contribution in [3.05, 3.63) is 71.8 Å². The van der Waals surface area contributed by atoms with Crippen LogP contribution in [-0.4, -0.2) is 148 Å². The summed E-state index contributed by atoms with van der Waals surface area (Å²) >= 11 is 0. The van der Waals surface area contributed by atoms with Crippen LogP contribution < -0.4 is 65.9 Å². The van der Waals surface area contributed by atoms with E-state index in [-0.39, 0.29) is 45.1 Å². The quantitative estimate of drug-likeness (QED) is 0.0321. The molecule has 0 radical (unpaired) electrons. The highest BCUT2D eigenvalue weighted by molar-refractivity contribution is 5.99. The van der Waals surface area contributed by atoms with Gasteiger partial charge in [-0.25, -0.2) is 4.79 Å². The van der Waals surface area contributed by atoms with E-state index in [0.717, 1.165) is 10.5 Å². The van der Waals surface area contributed by atoms with Gasteiger partial charge in [-0.1, -0.05) is 80.9 Å². The average Bonchev–Trinajstić information content (AvgIpc) is 3.88. The molecular weight excluding hydrogens is 1010 g/mol. The Morgan fingerprint density at radius 3 is 1.57 bits per heavy atom. The number of benzene rings is 2. The number of carboxylic acids is 1. The molecule has 1 heterocycles. The first-order valence-electron chi connectivity index (χ1n) is 25.0. The Bertz CT molecular complexity index is 2450. The topological polar surface area (TPSA) is 460 Å². The largest absolute Gasteiger partial charge is 0.480 e. The molecule has 0 unspecified atom stereocenters. The van der Waals surface area contributed by atoms with Crippen molar-refractivity contribution in [3.63, 3.8) is 0 Å². The van der Waals surface area contributed by atoms with E-state index in [1.807, 2.05) is 0 Å². The first-order valence-corrected chi connectivity index (χ1v) is 25.0. The standard InChI is InChI=1S/C50H71N13O14/c1-3-27(2)42(50(76)77)62-47(73)34(24-29-13-8-5-9-14-29)60-45(71)31(16-19-37(52)64)57-41(68)26-56-44(70)35(25-40(55)67)61-46(72)32(17-20-38(53)65)58-48(74)36-15-10-22-63(36)49(75)33(18-21-39(54)66)59-43(69)30(51)23-28-11-6-4-7-12-28/h4-9,11-14,27,30-36,42H,3,10,15-26,51H2,1-2H3,(H2,52,64)(H2,53,65)(H2,54,66)(H2,55,67)(H,56,70)(H,57,68)(H,58,74)(H,59,69)(H,60,71)(H,61,72)(H,62,73)(H,76,77)/t27-,30-,31-,32-,33-,34-,35-,36-,42-/m0/s1. The van der Waals surface area contributed by atoms with E-state index in [1.54, 1.807) is 74.5 Å². The van der Waals surface area contributed by atoms with Crippen LogP contribution in [0.3, 0.4) is 0 Å². The number of hydrogen-bond donors (Lipinski definition) is 13. The number of primary amides is 4. The lowest BCUT2D eigenvalue weighted by Crippen LogP contribution is -2.59. The zero-order valence-corrected chi connectivity index (χ0v) is 43.0. The fraction of sp³-hybridized carbons (Fsp3) is 0.500. The number of rotatable bonds is 33. The highest BCUT2D eigenvalue weighted by Crippen LogP contribution is 2.21. The van der Waals surface area contributed by atoms with Crippen LogP contribution in [0.25, 0.3) is 0 Å². The van der Waals surface area contributed by atoms with Crippen molar-refractivity contribution < 1.29 is 67.4 Å². The molecule has 12 amide bonds. The third-order valence-electron chi connectivity index (χ3n) is 12.6. The van der Waals surface area contributed by atoms with Crippen molar-refractivity contribution in [1.29, 1.82) is 0 Å². The lowest BCUT2D eigenvalue weighted by atomic mass is 9.98. The number of nitrogens with two attached hydrogens (primary N) is 5. The lowest BCUT2D eigenvalue weighted by Gasteiger charge is -2.30. The molecule has 27 nitrogen and oxygen atoms in total. The van der Waals surface area contributed by atoms with Gasteiger partial charge in [0, 0.05) is 32.2 Å². The first-order chi connectivity index (χ1) is 36.4. The zero-order chi connectivity index (χ0) is 57.4. The van der Waals surface area contributed by atoms with Crippen LogP contribution in [-0.2, 0) is 75.2 Å². The molecule has 1 saturated heterocycles. The number of aliphatic carboxylic acids is 1. The molecule has 77 heavy (non-hydrogen) atoms. The second kappa shape index (κ2) is 31.4. The molecule has 9 atom stereocenters. The van der Waals surface area contributed by atoms with Gasteiger partial charge in [0.25, 0.3) is 0 Å². The monoisotopic (exact) mass is 1080 g/mol. The molecule has 0 saturated carbocycles. The predicted octanol–water partition coefficient (Wildman–Crippen LogP) is -4.38. The molecule has 1 aliphatic heterocycles. The van der Waals surface area contributed by atoms with Gasteiger partial charge in [0.15, 0.2) is 0 Å². The number of amides is 12. The number of carboxylic acid groups (broad SMARTS) is 1. The van der Waals surface area contributed by atoms with E-state index < -0.39 is 170 Å². The fourth-order valence-corrected chi connectivity index (χ4v) is 8.15. The second-order valence-corrected chi connectivity index (χ2v) is 18.7. The maximum absolute atomic E-state index is 14.0. The van der Waals surface area contributed by atoms with Gasteiger partial charge in [-0.05, 0) is 55.6 Å². The number of carbonyl (C=O) groups excluding carboxylic acids is 12. The van der Waals surface area contributed by atoms with Crippen molar-refractivity contribution in [2.75, 3.05) is 13.1 Å². The molecule has 420 valence electrons. The Labute approximate surface area is 444 Å². The maximum atomic E-state index is 14.0. The molecule has 2 aromatic carbocycles. The Morgan fingerprint density at radius 2 is 1.06 bits per heavy atom. The average molecular weight is 1080 g/mol. The van der Waals surface area contributed by atoms with E-state index in [1.165, 1.54) is 0 Å². The summed E-state index contributed by atoms with van der Waals surface area (Å²) in [5, 5.41) is 26.6. The Kier molecular flexibility index (Phi) is 25.6. The van der Waals surface area contributed by atoms with E-state index >= 15 is 0 Å². The van der Waals surface area contributed by atoms with Gasteiger partial charge in [0.1, 0.15) is 42.3 Å². The van der Waals surface area contributed by atoms with Crippen LogP contribution in [0.5, 0.6) is 0 Å². The van der Waals surface area contributed by atoms with Gasteiger partial charge < -0.3 is 75.9 Å². The summed E-state index contributed by atoms with van der Waals surface area (Å²) < 4.78 is 0. The Hall–Kier alpha value is -8.49. The van der Waals surface area contributed by atoms with Crippen molar-refractivity contribution in [2.45, 2.75) is 139 Å². The van der Waals surface area contributed by atoms with Crippen molar-refractivity contribution in [2.24, 2.45) is 34.6 Å². The summed E-state index contributed by atoms with van der Waals surface area (Å²) in [5.74, 6) is -13.0. The van der Waals surface area contributed by atoms with Crippen LogP contribution in [0, 0.1) is 5.92 Å². The molecule has 0 aliphatic carbocycles. The van der Waals surface area contributed by atoms with Gasteiger partial charge in [-0.3, -0.25) is 57.5 Å². The Morgan fingerprint density at radius 1 is 0.584 bits per heavy atom. The molecule has 1 aliphatic rings. The van der Waals surface area contributed by atoms with Crippen molar-refractivity contribution in [3.8, 4) is 0 Å². The molecular formula is C50H71N13O14.